The molecule has 0 aliphatic heterocycles. The number of H-pyrrole nitrogens is 2. The summed E-state index contributed by atoms with van der Waals surface area (Å²) in [5, 5.41) is 5.02. The summed E-state index contributed by atoms with van der Waals surface area (Å²) in [6.07, 6.45) is 0. The second-order valence-electron chi connectivity index (χ2n) is 3.25. The van der Waals surface area contributed by atoms with Gasteiger partial charge in [0.25, 0.3) is 0 Å². The van der Waals surface area contributed by atoms with Crippen LogP contribution < -0.4 is 5.69 Å². The highest BCUT2D eigenvalue weighted by Crippen LogP contribution is 2.10. The Balaban J connectivity index is 2.75. The maximum atomic E-state index is 11.5. The molecule has 2 N–H and O–H groups in total. The van der Waals surface area contributed by atoms with E-state index in [1.165, 1.54) is 4.57 Å². The molecule has 0 saturated carbocycles. The van der Waals surface area contributed by atoms with Crippen molar-refractivity contribution < 1.29 is 0 Å². The maximum Gasteiger partial charge on any atom is 0.347 e. The minimum Gasteiger partial charge on any atom is -0.272 e. The molecule has 0 bridgehead atoms. The number of aryl methyl sites for hydroxylation is 2. The van der Waals surface area contributed by atoms with Gasteiger partial charge in [0.05, 0.1) is 11.4 Å². The monoisotopic (exact) mass is 222 g/mol. The Morgan fingerprint density at radius 1 is 1.33 bits per heavy atom. The molecule has 0 saturated heterocycles. The van der Waals surface area contributed by atoms with Crippen molar-refractivity contribution >= 4 is 12.2 Å². The van der Waals surface area contributed by atoms with Gasteiger partial charge in [-0.2, -0.15) is 0 Å². The molecule has 2 heterocycles. The van der Waals surface area contributed by atoms with Gasteiger partial charge in [-0.3, -0.25) is 10.1 Å². The van der Waals surface area contributed by atoms with E-state index in [1.54, 1.807) is 0 Å². The fourth-order valence-electron chi connectivity index (χ4n) is 1.45. The topological polar surface area (TPSA) is 66.5 Å². The van der Waals surface area contributed by atoms with Crippen molar-refractivity contribution in [3.63, 3.8) is 0 Å². The van der Waals surface area contributed by atoms with E-state index < -0.39 is 0 Å². The lowest BCUT2D eigenvalue weighted by Crippen LogP contribution is -2.16. The van der Waals surface area contributed by atoms with E-state index in [-0.39, 0.29) is 5.69 Å². The average molecular weight is 222 g/mol. The van der Waals surface area contributed by atoms with Crippen LogP contribution in [0, 0.1) is 18.6 Å². The van der Waals surface area contributed by atoms with Crippen LogP contribution in [0.15, 0.2) is 16.9 Å². The average Bonchev–Trinajstić information content (AvgIpc) is 2.48. The van der Waals surface area contributed by atoms with E-state index in [1.807, 2.05) is 26.0 Å². The Morgan fingerprint density at radius 2 is 2.07 bits per heavy atom. The third kappa shape index (κ3) is 1.63. The van der Waals surface area contributed by atoms with E-state index >= 15 is 0 Å². The number of hydrogen-bond acceptors (Lipinski definition) is 3. The Hall–Kier alpha value is -1.69. The first-order chi connectivity index (χ1) is 7.09. The zero-order chi connectivity index (χ0) is 11.0. The first-order valence-corrected chi connectivity index (χ1v) is 4.85. The van der Waals surface area contributed by atoms with Gasteiger partial charge in [-0.25, -0.2) is 14.5 Å². The summed E-state index contributed by atoms with van der Waals surface area (Å²) >= 11 is 5.00. The van der Waals surface area contributed by atoms with Crippen LogP contribution in [-0.4, -0.2) is 19.7 Å². The molecule has 0 unspecified atom stereocenters. The molecule has 0 atom stereocenters. The van der Waals surface area contributed by atoms with Crippen LogP contribution in [-0.2, 0) is 0 Å². The number of pyridine rings is 1. The zero-order valence-electron chi connectivity index (χ0n) is 8.37. The molecule has 0 radical (unpaired) electrons. The molecule has 2 aromatic rings. The van der Waals surface area contributed by atoms with Crippen molar-refractivity contribution in [3.05, 3.63) is 38.8 Å². The lowest BCUT2D eigenvalue weighted by Gasteiger charge is -2.04. The van der Waals surface area contributed by atoms with Gasteiger partial charge < -0.3 is 0 Å². The lowest BCUT2D eigenvalue weighted by molar-refractivity contribution is 0.938. The molecule has 2 rings (SSSR count). The van der Waals surface area contributed by atoms with Crippen molar-refractivity contribution in [1.29, 1.82) is 0 Å². The van der Waals surface area contributed by atoms with Crippen LogP contribution in [0.4, 0.5) is 0 Å². The van der Waals surface area contributed by atoms with Crippen LogP contribution in [0.5, 0.6) is 0 Å². The molecule has 0 fully saturated rings. The first-order valence-electron chi connectivity index (χ1n) is 4.44. The quantitative estimate of drug-likeness (QED) is 0.713. The Labute approximate surface area is 90.8 Å². The van der Waals surface area contributed by atoms with Crippen molar-refractivity contribution in [2.75, 3.05) is 0 Å². The summed E-state index contributed by atoms with van der Waals surface area (Å²) in [5.74, 6) is 0. The lowest BCUT2D eigenvalue weighted by atomic mass is 10.3. The number of aromatic amines is 2. The molecule has 2 aromatic heterocycles. The zero-order valence-corrected chi connectivity index (χ0v) is 9.18. The van der Waals surface area contributed by atoms with E-state index in [2.05, 4.69) is 15.2 Å². The molecule has 0 aliphatic rings. The second kappa shape index (κ2) is 3.47. The van der Waals surface area contributed by atoms with Gasteiger partial charge in [0.15, 0.2) is 0 Å². The summed E-state index contributed by atoms with van der Waals surface area (Å²) in [6, 6.07) is 3.67. The first kappa shape index (κ1) is 9.85. The van der Waals surface area contributed by atoms with Crippen LogP contribution in [0.3, 0.4) is 0 Å². The number of hydrogen-bond donors (Lipinski definition) is 2. The minimum atomic E-state index is -0.284. The largest absolute Gasteiger partial charge is 0.347 e. The van der Waals surface area contributed by atoms with Crippen molar-refractivity contribution in [2.45, 2.75) is 13.8 Å². The van der Waals surface area contributed by atoms with Crippen LogP contribution in [0.25, 0.3) is 5.69 Å². The summed E-state index contributed by atoms with van der Waals surface area (Å²) in [5.41, 5.74) is 2.10. The van der Waals surface area contributed by atoms with Crippen LogP contribution in [0.1, 0.15) is 11.4 Å². The molecule has 15 heavy (non-hydrogen) atoms. The highest BCUT2D eigenvalue weighted by atomic mass is 32.1. The summed E-state index contributed by atoms with van der Waals surface area (Å²) in [7, 11) is 0. The summed E-state index contributed by atoms with van der Waals surface area (Å²) in [6.45, 7) is 3.74. The molecule has 5 nitrogen and oxygen atoms in total. The normalized spacial score (nSPS) is 10.5. The van der Waals surface area contributed by atoms with E-state index in [0.717, 1.165) is 11.4 Å². The maximum absolute atomic E-state index is 11.5. The SMILES string of the molecule is Cc1ccc(-n2c(=O)[nH][nH]c2=S)c(C)n1. The fraction of sp³-hybridized carbons (Fsp3) is 0.222. The number of rotatable bonds is 1. The molecular formula is C9H10N4OS. The number of nitrogens with one attached hydrogen (secondary N) is 2. The molecule has 78 valence electrons. The summed E-state index contributed by atoms with van der Waals surface area (Å²) < 4.78 is 1.73. The van der Waals surface area contributed by atoms with Crippen LogP contribution >= 0.6 is 12.2 Å². The Morgan fingerprint density at radius 3 is 2.60 bits per heavy atom. The highest BCUT2D eigenvalue weighted by molar-refractivity contribution is 7.71. The van der Waals surface area contributed by atoms with E-state index in [0.29, 0.717) is 10.5 Å². The van der Waals surface area contributed by atoms with Gasteiger partial charge in [-0.15, -0.1) is 0 Å². The second-order valence-corrected chi connectivity index (χ2v) is 3.64. The molecule has 0 spiro atoms. The van der Waals surface area contributed by atoms with Crippen molar-refractivity contribution in [1.82, 2.24) is 19.7 Å². The van der Waals surface area contributed by atoms with Crippen LogP contribution in [0.2, 0.25) is 0 Å². The van der Waals surface area contributed by atoms with Crippen molar-refractivity contribution in [2.24, 2.45) is 0 Å². The van der Waals surface area contributed by atoms with Gasteiger partial charge in [0.1, 0.15) is 0 Å². The Kier molecular flexibility index (Phi) is 2.28. The van der Waals surface area contributed by atoms with Gasteiger partial charge in [-0.05, 0) is 38.2 Å². The number of aromatic nitrogens is 4. The predicted molar refractivity (Wildman–Crippen MR) is 58.8 cm³/mol. The molecule has 6 heteroatoms. The van der Waals surface area contributed by atoms with Gasteiger partial charge in [0.2, 0.25) is 4.77 Å². The highest BCUT2D eigenvalue weighted by Gasteiger charge is 2.07. The fourth-order valence-corrected chi connectivity index (χ4v) is 1.68. The molecule has 0 amide bonds. The number of nitrogens with zero attached hydrogens (tertiary/aromatic N) is 2. The smallest absolute Gasteiger partial charge is 0.272 e. The third-order valence-electron chi connectivity index (χ3n) is 2.12. The standard InChI is InChI=1S/C9H10N4OS/c1-5-3-4-7(6(2)10-5)13-8(14)11-12-9(13)15/h3-4H,1-2H3,(H,11,14)(H,12,15). The Bertz CT molecular complexity index is 580. The van der Waals surface area contributed by atoms with E-state index in [4.69, 9.17) is 12.2 Å². The van der Waals surface area contributed by atoms with Gasteiger partial charge in [-0.1, -0.05) is 0 Å². The van der Waals surface area contributed by atoms with Crippen molar-refractivity contribution in [3.8, 4) is 5.69 Å². The van der Waals surface area contributed by atoms with Gasteiger partial charge >= 0.3 is 5.69 Å². The predicted octanol–water partition coefficient (Wildman–Crippen LogP) is 1.24. The minimum absolute atomic E-state index is 0.284. The summed E-state index contributed by atoms with van der Waals surface area (Å²) in [4.78, 5) is 15.7. The van der Waals surface area contributed by atoms with Gasteiger partial charge in [0, 0.05) is 5.69 Å². The van der Waals surface area contributed by atoms with E-state index in [9.17, 15) is 4.79 Å². The molecular weight excluding hydrogens is 212 g/mol. The third-order valence-corrected chi connectivity index (χ3v) is 2.41. The molecule has 0 aromatic carbocycles. The molecule has 0 aliphatic carbocycles.